The molecule has 4 heteroatoms. The highest BCUT2D eigenvalue weighted by atomic mass is 19.1. The van der Waals surface area contributed by atoms with Crippen molar-refractivity contribution in [3.63, 3.8) is 0 Å². The van der Waals surface area contributed by atoms with Gasteiger partial charge in [0.2, 0.25) is 5.91 Å². The summed E-state index contributed by atoms with van der Waals surface area (Å²) in [7, 11) is 0. The summed E-state index contributed by atoms with van der Waals surface area (Å²) in [6.07, 6.45) is 1.87. The number of carbonyl (C=O) groups is 1. The lowest BCUT2D eigenvalue weighted by Gasteiger charge is -2.32. The number of halogens is 1. The fourth-order valence-electron chi connectivity index (χ4n) is 3.42. The van der Waals surface area contributed by atoms with Crippen LogP contribution in [0.3, 0.4) is 0 Å². The number of nitrogens with zero attached hydrogens (tertiary/aromatic N) is 1. The third kappa shape index (κ3) is 4.67. The molecule has 3 rings (SSSR count). The van der Waals surface area contributed by atoms with Crippen LogP contribution in [-0.4, -0.2) is 23.9 Å². The minimum absolute atomic E-state index is 0.0236. The van der Waals surface area contributed by atoms with Crippen molar-refractivity contribution in [2.24, 2.45) is 5.92 Å². The highest BCUT2D eigenvalue weighted by molar-refractivity contribution is 5.79. The fourth-order valence-corrected chi connectivity index (χ4v) is 3.42. The smallest absolute Gasteiger partial charge is 0.224 e. The number of benzene rings is 2. The van der Waals surface area contributed by atoms with E-state index >= 15 is 0 Å². The summed E-state index contributed by atoms with van der Waals surface area (Å²) in [4.78, 5) is 14.7. The number of aryl methyl sites for hydroxylation is 1. The maximum absolute atomic E-state index is 13.8. The quantitative estimate of drug-likeness (QED) is 0.901. The van der Waals surface area contributed by atoms with Crippen molar-refractivity contribution in [1.82, 2.24) is 10.2 Å². The normalized spacial score (nSPS) is 18.1. The zero-order chi connectivity index (χ0) is 17.6. The molecule has 2 aromatic rings. The van der Waals surface area contributed by atoms with Crippen LogP contribution in [0.1, 0.15) is 29.5 Å². The Morgan fingerprint density at radius 3 is 2.64 bits per heavy atom. The number of hydrogen-bond acceptors (Lipinski definition) is 2. The van der Waals surface area contributed by atoms with E-state index in [2.05, 4.69) is 23.2 Å². The maximum atomic E-state index is 13.8. The van der Waals surface area contributed by atoms with Gasteiger partial charge in [-0.3, -0.25) is 9.69 Å². The maximum Gasteiger partial charge on any atom is 0.224 e. The largest absolute Gasteiger partial charge is 0.352 e. The van der Waals surface area contributed by atoms with Crippen molar-refractivity contribution in [2.75, 3.05) is 13.1 Å². The minimum Gasteiger partial charge on any atom is -0.352 e. The minimum atomic E-state index is -0.173. The molecule has 0 aromatic heterocycles. The molecule has 0 spiro atoms. The van der Waals surface area contributed by atoms with Crippen LogP contribution >= 0.6 is 0 Å². The van der Waals surface area contributed by atoms with Gasteiger partial charge in [0.1, 0.15) is 5.82 Å². The monoisotopic (exact) mass is 340 g/mol. The average Bonchev–Trinajstić information content (AvgIpc) is 2.63. The number of hydrogen-bond donors (Lipinski definition) is 1. The Hall–Kier alpha value is -2.20. The number of nitrogens with one attached hydrogen (secondary N) is 1. The topological polar surface area (TPSA) is 32.3 Å². The zero-order valence-corrected chi connectivity index (χ0v) is 14.7. The molecule has 3 nitrogen and oxygen atoms in total. The summed E-state index contributed by atoms with van der Waals surface area (Å²) in [6.45, 7) is 4.78. The molecule has 1 heterocycles. The van der Waals surface area contributed by atoms with Gasteiger partial charge in [-0.1, -0.05) is 42.5 Å². The van der Waals surface area contributed by atoms with E-state index in [-0.39, 0.29) is 17.6 Å². The van der Waals surface area contributed by atoms with E-state index in [1.54, 1.807) is 6.07 Å². The molecule has 1 atom stereocenters. The molecule has 1 N–H and O–H groups in total. The van der Waals surface area contributed by atoms with Crippen LogP contribution in [0.5, 0.6) is 0 Å². The van der Waals surface area contributed by atoms with Crippen molar-refractivity contribution >= 4 is 5.91 Å². The Kier molecular flexibility index (Phi) is 5.82. The van der Waals surface area contributed by atoms with Gasteiger partial charge in [-0.2, -0.15) is 0 Å². The van der Waals surface area contributed by atoms with Crippen LogP contribution in [0.4, 0.5) is 4.39 Å². The standard InChI is InChI=1S/C21H25FN2O/c1-16-7-2-3-8-17(16)13-23-21(25)19-10-6-12-24(15-19)14-18-9-4-5-11-20(18)22/h2-5,7-9,11,19H,6,10,12-15H2,1H3,(H,23,25). The molecule has 1 aliphatic heterocycles. The first-order chi connectivity index (χ1) is 12.1. The summed E-state index contributed by atoms with van der Waals surface area (Å²) in [5, 5.41) is 3.07. The second kappa shape index (κ2) is 8.26. The van der Waals surface area contributed by atoms with Gasteiger partial charge in [-0.05, 0) is 43.5 Å². The fraction of sp³-hybridized carbons (Fsp3) is 0.381. The summed E-state index contributed by atoms with van der Waals surface area (Å²) < 4.78 is 13.8. The summed E-state index contributed by atoms with van der Waals surface area (Å²) in [6, 6.07) is 15.0. The van der Waals surface area contributed by atoms with Crippen molar-refractivity contribution in [2.45, 2.75) is 32.9 Å². The number of rotatable bonds is 5. The lowest BCUT2D eigenvalue weighted by molar-refractivity contribution is -0.126. The first-order valence-electron chi connectivity index (χ1n) is 8.91. The number of likely N-dealkylation sites (tertiary alicyclic amines) is 1. The Bertz CT molecular complexity index is 731. The molecule has 0 aliphatic carbocycles. The Morgan fingerprint density at radius 1 is 1.16 bits per heavy atom. The van der Waals surface area contributed by atoms with E-state index in [1.165, 1.54) is 11.6 Å². The molecular formula is C21H25FN2O. The van der Waals surface area contributed by atoms with Gasteiger partial charge in [0.25, 0.3) is 0 Å². The molecule has 1 fully saturated rings. The molecule has 0 bridgehead atoms. The lowest BCUT2D eigenvalue weighted by Crippen LogP contribution is -2.42. The first-order valence-corrected chi connectivity index (χ1v) is 8.91. The summed E-state index contributed by atoms with van der Waals surface area (Å²) >= 11 is 0. The van der Waals surface area contributed by atoms with E-state index < -0.39 is 0 Å². The third-order valence-corrected chi connectivity index (χ3v) is 4.94. The molecular weight excluding hydrogens is 315 g/mol. The van der Waals surface area contributed by atoms with Crippen LogP contribution in [0.25, 0.3) is 0 Å². The van der Waals surface area contributed by atoms with Gasteiger partial charge in [-0.25, -0.2) is 4.39 Å². The van der Waals surface area contributed by atoms with Crippen LogP contribution in [0, 0.1) is 18.7 Å². The van der Waals surface area contributed by atoms with Gasteiger partial charge in [-0.15, -0.1) is 0 Å². The van der Waals surface area contributed by atoms with Gasteiger partial charge in [0.05, 0.1) is 5.92 Å². The number of carbonyl (C=O) groups excluding carboxylic acids is 1. The van der Waals surface area contributed by atoms with Crippen LogP contribution < -0.4 is 5.32 Å². The third-order valence-electron chi connectivity index (χ3n) is 4.94. The second-order valence-corrected chi connectivity index (χ2v) is 6.81. The SMILES string of the molecule is Cc1ccccc1CNC(=O)C1CCCN(Cc2ccccc2F)C1. The Balaban J connectivity index is 1.55. The zero-order valence-electron chi connectivity index (χ0n) is 14.7. The van der Waals surface area contributed by atoms with Crippen molar-refractivity contribution in [3.8, 4) is 0 Å². The summed E-state index contributed by atoms with van der Waals surface area (Å²) in [5.41, 5.74) is 3.03. The predicted molar refractivity (Wildman–Crippen MR) is 97.4 cm³/mol. The highest BCUT2D eigenvalue weighted by Gasteiger charge is 2.26. The van der Waals surface area contributed by atoms with Crippen LogP contribution in [0.2, 0.25) is 0 Å². The molecule has 0 saturated carbocycles. The Morgan fingerprint density at radius 2 is 1.88 bits per heavy atom. The van der Waals surface area contributed by atoms with Gasteiger partial charge < -0.3 is 5.32 Å². The van der Waals surface area contributed by atoms with Gasteiger partial charge >= 0.3 is 0 Å². The second-order valence-electron chi connectivity index (χ2n) is 6.81. The molecule has 2 aromatic carbocycles. The van der Waals surface area contributed by atoms with E-state index in [1.807, 2.05) is 30.3 Å². The number of piperidine rings is 1. The van der Waals surface area contributed by atoms with E-state index in [4.69, 9.17) is 0 Å². The van der Waals surface area contributed by atoms with Gasteiger partial charge in [0, 0.05) is 25.2 Å². The number of amides is 1. The van der Waals surface area contributed by atoms with Gasteiger partial charge in [0.15, 0.2) is 0 Å². The average molecular weight is 340 g/mol. The van der Waals surface area contributed by atoms with Crippen molar-refractivity contribution in [3.05, 3.63) is 71.0 Å². The predicted octanol–water partition coefficient (Wildman–Crippen LogP) is 3.66. The molecule has 1 aliphatic rings. The molecule has 1 unspecified atom stereocenters. The van der Waals surface area contributed by atoms with E-state index in [0.29, 0.717) is 25.2 Å². The molecule has 0 radical (unpaired) electrons. The first kappa shape index (κ1) is 17.6. The molecule has 132 valence electrons. The van der Waals surface area contributed by atoms with Crippen LogP contribution in [0.15, 0.2) is 48.5 Å². The molecule has 1 saturated heterocycles. The highest BCUT2D eigenvalue weighted by Crippen LogP contribution is 2.20. The Labute approximate surface area is 148 Å². The molecule has 25 heavy (non-hydrogen) atoms. The van der Waals surface area contributed by atoms with Crippen LogP contribution in [-0.2, 0) is 17.9 Å². The van der Waals surface area contributed by atoms with Crippen molar-refractivity contribution in [1.29, 1.82) is 0 Å². The van der Waals surface area contributed by atoms with E-state index in [9.17, 15) is 9.18 Å². The van der Waals surface area contributed by atoms with E-state index in [0.717, 1.165) is 24.9 Å². The summed E-state index contributed by atoms with van der Waals surface area (Å²) in [5.74, 6) is -0.0975. The lowest BCUT2D eigenvalue weighted by atomic mass is 9.96. The molecule has 1 amide bonds. The van der Waals surface area contributed by atoms with Crippen molar-refractivity contribution < 1.29 is 9.18 Å².